The van der Waals surface area contributed by atoms with Crippen molar-refractivity contribution in [2.75, 3.05) is 11.9 Å². The Balaban J connectivity index is 1.88. The first-order chi connectivity index (χ1) is 16.2. The fourth-order valence-electron chi connectivity index (χ4n) is 3.15. The molecule has 7 nitrogen and oxygen atoms in total. The highest BCUT2D eigenvalue weighted by molar-refractivity contribution is 7.89. The van der Waals surface area contributed by atoms with Gasteiger partial charge in [-0.3, -0.25) is 4.79 Å². The summed E-state index contributed by atoms with van der Waals surface area (Å²) in [6, 6.07) is 19.5. The normalized spacial score (nSPS) is 11.8. The first-order valence-corrected chi connectivity index (χ1v) is 11.9. The number of anilines is 1. The maximum atomic E-state index is 13.2. The van der Waals surface area contributed by atoms with Gasteiger partial charge in [0, 0.05) is 11.3 Å². The minimum absolute atomic E-state index is 0.0240. The summed E-state index contributed by atoms with van der Waals surface area (Å²) in [5.41, 5.74) is 2.87. The quantitative estimate of drug-likeness (QED) is 0.381. The molecule has 0 saturated carbocycles. The average Bonchev–Trinajstić information content (AvgIpc) is 2.84. The molecule has 0 bridgehead atoms. The smallest absolute Gasteiger partial charge is 0.339 e. The van der Waals surface area contributed by atoms with Crippen molar-refractivity contribution in [1.29, 1.82) is 0 Å². The maximum absolute atomic E-state index is 13.2. The number of carbonyl (C=O) groups excluding carboxylic acids is 2. The van der Waals surface area contributed by atoms with Gasteiger partial charge in [0.2, 0.25) is 16.1 Å². The van der Waals surface area contributed by atoms with Gasteiger partial charge in [0.1, 0.15) is 0 Å². The first kappa shape index (κ1) is 24.7. The molecule has 0 fully saturated rings. The van der Waals surface area contributed by atoms with E-state index in [0.717, 1.165) is 11.1 Å². The lowest BCUT2D eigenvalue weighted by Crippen LogP contribution is -2.27. The minimum atomic E-state index is -3.90. The molecule has 2 N–H and O–H groups in total. The van der Waals surface area contributed by atoms with E-state index < -0.39 is 28.0 Å². The molecule has 1 unspecified atom stereocenters. The highest BCUT2D eigenvalue weighted by atomic mass is 32.2. The van der Waals surface area contributed by atoms with Crippen LogP contribution in [0.3, 0.4) is 0 Å². The van der Waals surface area contributed by atoms with Crippen LogP contribution in [0.4, 0.5) is 5.69 Å². The lowest BCUT2D eigenvalue weighted by molar-refractivity contribution is -0.125. The van der Waals surface area contributed by atoms with Gasteiger partial charge in [0.25, 0.3) is 5.91 Å². The van der Waals surface area contributed by atoms with Crippen LogP contribution < -0.4 is 10.0 Å². The Morgan fingerprint density at radius 2 is 1.74 bits per heavy atom. The van der Waals surface area contributed by atoms with Crippen molar-refractivity contribution in [3.05, 3.63) is 95.1 Å². The van der Waals surface area contributed by atoms with Gasteiger partial charge in [-0.2, -0.15) is 4.72 Å². The van der Waals surface area contributed by atoms with E-state index in [1.807, 2.05) is 32.0 Å². The van der Waals surface area contributed by atoms with E-state index in [-0.39, 0.29) is 17.0 Å². The number of hydrogen-bond acceptors (Lipinski definition) is 5. The Hall–Kier alpha value is -3.93. The lowest BCUT2D eigenvalue weighted by Gasteiger charge is -2.19. The van der Waals surface area contributed by atoms with Crippen LogP contribution in [0.1, 0.15) is 33.2 Å². The third-order valence-corrected chi connectivity index (χ3v) is 6.36. The molecule has 0 aliphatic carbocycles. The molecule has 0 spiro atoms. The molecule has 0 aliphatic rings. The third kappa shape index (κ3) is 6.10. The Morgan fingerprint density at radius 3 is 2.44 bits per heavy atom. The molecule has 3 aromatic rings. The van der Waals surface area contributed by atoms with Crippen molar-refractivity contribution in [2.45, 2.75) is 24.8 Å². The Morgan fingerprint density at radius 1 is 1.00 bits per heavy atom. The van der Waals surface area contributed by atoms with E-state index in [2.05, 4.69) is 16.0 Å². The summed E-state index contributed by atoms with van der Waals surface area (Å²) in [4.78, 5) is 26.0. The molecule has 0 heterocycles. The summed E-state index contributed by atoms with van der Waals surface area (Å²) < 4.78 is 32.5. The molecule has 3 rings (SSSR count). The molecule has 8 heteroatoms. The van der Waals surface area contributed by atoms with Crippen LogP contribution in [0.5, 0.6) is 0 Å². The number of benzene rings is 3. The van der Waals surface area contributed by atoms with Gasteiger partial charge in [-0.1, -0.05) is 54.5 Å². The molecular formula is C26H24N2O5S. The second-order valence-electron chi connectivity index (χ2n) is 7.56. The van der Waals surface area contributed by atoms with Crippen LogP contribution >= 0.6 is 0 Å². The third-order valence-electron chi connectivity index (χ3n) is 4.96. The molecule has 0 aliphatic heterocycles. The van der Waals surface area contributed by atoms with Crippen molar-refractivity contribution < 1.29 is 22.7 Å². The number of ether oxygens (including phenoxy) is 1. The zero-order valence-corrected chi connectivity index (χ0v) is 19.6. The summed E-state index contributed by atoms with van der Waals surface area (Å²) in [6.07, 6.45) is 3.86. The Kier molecular flexibility index (Phi) is 7.84. The number of nitrogens with one attached hydrogen (secondary N) is 2. The number of rotatable bonds is 8. The van der Waals surface area contributed by atoms with Crippen LogP contribution in [0, 0.1) is 26.2 Å². The second-order valence-corrected chi connectivity index (χ2v) is 9.33. The van der Waals surface area contributed by atoms with Crippen LogP contribution in [-0.2, 0) is 19.6 Å². The van der Waals surface area contributed by atoms with Gasteiger partial charge in [0.05, 0.1) is 17.0 Å². The van der Waals surface area contributed by atoms with Crippen LogP contribution in [0.25, 0.3) is 0 Å². The number of amides is 1. The van der Waals surface area contributed by atoms with Gasteiger partial charge < -0.3 is 10.1 Å². The van der Waals surface area contributed by atoms with Gasteiger partial charge in [-0.15, -0.1) is 6.42 Å². The molecule has 1 atom stereocenters. The number of hydrogen-bond donors (Lipinski definition) is 2. The summed E-state index contributed by atoms with van der Waals surface area (Å²) in [5, 5.41) is 2.82. The van der Waals surface area contributed by atoms with Crippen molar-refractivity contribution in [2.24, 2.45) is 0 Å². The van der Waals surface area contributed by atoms with Gasteiger partial charge >= 0.3 is 5.97 Å². The number of sulfonamides is 1. The fourth-order valence-corrected chi connectivity index (χ4v) is 4.13. The van der Waals surface area contributed by atoms with Crippen molar-refractivity contribution in [1.82, 2.24) is 4.72 Å². The molecule has 0 saturated heterocycles. The SMILES string of the molecule is C#CCNS(=O)(=O)c1cccc(C(=O)OC(C(=O)Nc2cc(C)ccc2C)c2ccccc2)c1. The predicted octanol–water partition coefficient (Wildman–Crippen LogP) is 3.75. The molecule has 34 heavy (non-hydrogen) atoms. The highest BCUT2D eigenvalue weighted by Gasteiger charge is 2.27. The van der Waals surface area contributed by atoms with E-state index in [4.69, 9.17) is 11.2 Å². The van der Waals surface area contributed by atoms with Crippen LogP contribution in [0.15, 0.2) is 77.7 Å². The van der Waals surface area contributed by atoms with Crippen LogP contribution in [0.2, 0.25) is 0 Å². The number of terminal acetylenes is 1. The van der Waals surface area contributed by atoms with Crippen molar-refractivity contribution >= 4 is 27.6 Å². The Labute approximate surface area is 199 Å². The predicted molar refractivity (Wildman–Crippen MR) is 130 cm³/mol. The number of esters is 1. The monoisotopic (exact) mass is 476 g/mol. The lowest BCUT2D eigenvalue weighted by atomic mass is 10.1. The standard InChI is InChI=1S/C26H24N2O5S/c1-4-15-27-34(31,32)22-12-8-11-21(17-22)26(30)33-24(20-9-6-5-7-10-20)25(29)28-23-16-18(2)13-14-19(23)3/h1,5-14,16-17,24,27H,15H2,2-3H3,(H,28,29). The Bertz CT molecular complexity index is 1350. The van der Waals surface area contributed by atoms with Crippen molar-refractivity contribution in [3.63, 3.8) is 0 Å². The number of carbonyl (C=O) groups is 2. The molecule has 3 aromatic carbocycles. The minimum Gasteiger partial charge on any atom is -0.444 e. The maximum Gasteiger partial charge on any atom is 0.339 e. The zero-order chi connectivity index (χ0) is 24.7. The van der Waals surface area contributed by atoms with Crippen molar-refractivity contribution in [3.8, 4) is 12.3 Å². The van der Waals surface area contributed by atoms with E-state index in [0.29, 0.717) is 11.3 Å². The van der Waals surface area contributed by atoms with Crippen LogP contribution in [-0.4, -0.2) is 26.8 Å². The van der Waals surface area contributed by atoms with E-state index in [9.17, 15) is 18.0 Å². The fraction of sp³-hybridized carbons (Fsp3) is 0.154. The number of aryl methyl sites for hydroxylation is 2. The zero-order valence-electron chi connectivity index (χ0n) is 18.7. The highest BCUT2D eigenvalue weighted by Crippen LogP contribution is 2.24. The topological polar surface area (TPSA) is 102 Å². The molecule has 0 aromatic heterocycles. The molecular weight excluding hydrogens is 452 g/mol. The van der Waals surface area contributed by atoms with Gasteiger partial charge in [0.15, 0.2) is 0 Å². The summed E-state index contributed by atoms with van der Waals surface area (Å²) in [5.74, 6) is 0.806. The van der Waals surface area contributed by atoms with Gasteiger partial charge in [-0.05, 0) is 49.2 Å². The average molecular weight is 477 g/mol. The van der Waals surface area contributed by atoms with E-state index >= 15 is 0 Å². The van der Waals surface area contributed by atoms with Gasteiger partial charge in [-0.25, -0.2) is 13.2 Å². The molecule has 1 amide bonds. The summed E-state index contributed by atoms with van der Waals surface area (Å²) >= 11 is 0. The molecule has 0 radical (unpaired) electrons. The summed E-state index contributed by atoms with van der Waals surface area (Å²) in [7, 11) is -3.90. The van der Waals surface area contributed by atoms with E-state index in [1.54, 1.807) is 30.3 Å². The van der Waals surface area contributed by atoms with E-state index in [1.165, 1.54) is 24.3 Å². The largest absolute Gasteiger partial charge is 0.444 e. The first-order valence-electron chi connectivity index (χ1n) is 10.4. The summed E-state index contributed by atoms with van der Waals surface area (Å²) in [6.45, 7) is 3.58. The second kappa shape index (κ2) is 10.8. The molecule has 174 valence electrons.